The van der Waals surface area contributed by atoms with E-state index in [2.05, 4.69) is 34.1 Å². The maximum atomic E-state index is 13.0. The molecule has 186 valence electrons. The molecule has 0 unspecified atom stereocenters. The second-order valence-electron chi connectivity index (χ2n) is 8.24. The highest BCUT2D eigenvalue weighted by atomic mass is 79.9. The van der Waals surface area contributed by atoms with Gasteiger partial charge in [0.1, 0.15) is 24.7 Å². The number of imide groups is 1. The zero-order chi connectivity index (χ0) is 25.8. The van der Waals surface area contributed by atoms with Crippen molar-refractivity contribution in [2.75, 3.05) is 13.2 Å². The summed E-state index contributed by atoms with van der Waals surface area (Å²) in [6.45, 7) is 0.699. The Morgan fingerprint density at radius 2 is 1.70 bits per heavy atom. The topological polar surface area (TPSA) is 55.8 Å². The first-order valence-electron chi connectivity index (χ1n) is 11.5. The molecule has 0 atom stereocenters. The quantitative estimate of drug-likeness (QED) is 0.194. The molecule has 4 aromatic rings. The third-order valence-electron chi connectivity index (χ3n) is 5.79. The van der Waals surface area contributed by atoms with Crippen LogP contribution in [0.4, 0.5) is 4.79 Å². The van der Waals surface area contributed by atoms with Crippen LogP contribution in [-0.4, -0.2) is 29.2 Å². The van der Waals surface area contributed by atoms with Crippen LogP contribution in [0.3, 0.4) is 0 Å². The van der Waals surface area contributed by atoms with Crippen molar-refractivity contribution in [1.29, 1.82) is 0 Å². The van der Waals surface area contributed by atoms with Crippen LogP contribution in [0.1, 0.15) is 11.1 Å². The molecule has 0 spiro atoms. The van der Waals surface area contributed by atoms with Gasteiger partial charge in [-0.25, -0.2) is 0 Å². The number of fused-ring (bicyclic) bond motifs is 1. The van der Waals surface area contributed by atoms with Crippen LogP contribution in [0.25, 0.3) is 16.8 Å². The highest BCUT2D eigenvalue weighted by molar-refractivity contribution is 9.10. The number of carbonyl (C=O) groups excluding carboxylic acids is 2. The van der Waals surface area contributed by atoms with Crippen LogP contribution in [0.15, 0.2) is 94.3 Å². The zero-order valence-electron chi connectivity index (χ0n) is 19.5. The highest BCUT2D eigenvalue weighted by Crippen LogP contribution is 2.35. The minimum absolute atomic E-state index is 0.146. The highest BCUT2D eigenvalue weighted by Gasteiger charge is 2.35. The largest absolute Gasteiger partial charge is 0.492 e. The molecule has 0 aromatic heterocycles. The Morgan fingerprint density at radius 3 is 2.54 bits per heavy atom. The van der Waals surface area contributed by atoms with Crippen LogP contribution in [0, 0.1) is 0 Å². The normalized spacial score (nSPS) is 14.5. The van der Waals surface area contributed by atoms with Gasteiger partial charge in [-0.15, -0.1) is 0 Å². The van der Waals surface area contributed by atoms with E-state index in [4.69, 9.17) is 21.1 Å². The van der Waals surface area contributed by atoms with Gasteiger partial charge in [-0.2, -0.15) is 0 Å². The van der Waals surface area contributed by atoms with Crippen molar-refractivity contribution in [2.24, 2.45) is 0 Å². The zero-order valence-corrected chi connectivity index (χ0v) is 22.7. The molecule has 2 amide bonds. The van der Waals surface area contributed by atoms with E-state index < -0.39 is 0 Å². The van der Waals surface area contributed by atoms with E-state index >= 15 is 0 Å². The van der Waals surface area contributed by atoms with Gasteiger partial charge in [-0.05, 0) is 76.6 Å². The van der Waals surface area contributed by atoms with Crippen molar-refractivity contribution in [2.45, 2.75) is 6.61 Å². The van der Waals surface area contributed by atoms with Gasteiger partial charge >= 0.3 is 0 Å². The second-order valence-corrected chi connectivity index (χ2v) is 10.6. The summed E-state index contributed by atoms with van der Waals surface area (Å²) in [5.74, 6) is 0.887. The number of amides is 2. The Hall–Kier alpha value is -3.26. The summed E-state index contributed by atoms with van der Waals surface area (Å²) in [7, 11) is 0. The minimum Gasteiger partial charge on any atom is -0.492 e. The average molecular weight is 595 g/mol. The molecule has 0 radical (unpaired) electrons. The summed E-state index contributed by atoms with van der Waals surface area (Å²) >= 11 is 10.3. The Balaban J connectivity index is 1.30. The molecule has 4 aromatic carbocycles. The van der Waals surface area contributed by atoms with Crippen LogP contribution in [-0.2, 0) is 11.4 Å². The lowest BCUT2D eigenvalue weighted by Gasteiger charge is -2.13. The third-order valence-corrected chi connectivity index (χ3v) is 7.45. The molecule has 0 N–H and O–H groups in total. The van der Waals surface area contributed by atoms with Gasteiger partial charge in [-0.3, -0.25) is 14.5 Å². The molecule has 0 aliphatic carbocycles. The first-order chi connectivity index (χ1) is 18.0. The van der Waals surface area contributed by atoms with E-state index in [-0.39, 0.29) is 24.3 Å². The maximum absolute atomic E-state index is 13.0. The van der Waals surface area contributed by atoms with Crippen molar-refractivity contribution >= 4 is 67.3 Å². The molecule has 8 heteroatoms. The number of benzene rings is 4. The number of ether oxygens (including phenoxy) is 2. The van der Waals surface area contributed by atoms with E-state index in [1.54, 1.807) is 30.3 Å². The van der Waals surface area contributed by atoms with Gasteiger partial charge in [0.05, 0.1) is 11.4 Å². The van der Waals surface area contributed by atoms with E-state index in [1.165, 1.54) is 4.90 Å². The van der Waals surface area contributed by atoms with Gasteiger partial charge in [0.15, 0.2) is 0 Å². The standard InChI is InChI=1S/C29H21BrClNO4S/c30-22-8-13-26(36-18-20-6-3-5-19-4-1-2-7-25(19)20)21(16-22)17-27-28(33)32(29(34)37-27)14-15-35-24-11-9-23(31)10-12-24/h1-13,16-17H,14-15,18H2/b27-17-. The fourth-order valence-corrected chi connectivity index (χ4v) is 5.32. The van der Waals surface area contributed by atoms with Crippen LogP contribution in [0.5, 0.6) is 11.5 Å². The van der Waals surface area contributed by atoms with Gasteiger partial charge < -0.3 is 9.47 Å². The molecule has 5 nitrogen and oxygen atoms in total. The molecule has 1 aliphatic heterocycles. The molecule has 1 aliphatic rings. The Bertz CT molecular complexity index is 1500. The number of hydrogen-bond donors (Lipinski definition) is 0. The number of hydrogen-bond acceptors (Lipinski definition) is 5. The summed E-state index contributed by atoms with van der Waals surface area (Å²) in [5.41, 5.74) is 1.77. The predicted molar refractivity (Wildman–Crippen MR) is 152 cm³/mol. The van der Waals surface area contributed by atoms with E-state index in [0.717, 1.165) is 32.6 Å². The second kappa shape index (κ2) is 11.4. The van der Waals surface area contributed by atoms with Crippen molar-refractivity contribution in [1.82, 2.24) is 4.90 Å². The van der Waals surface area contributed by atoms with E-state index in [9.17, 15) is 9.59 Å². The molecule has 1 fully saturated rings. The van der Waals surface area contributed by atoms with Gasteiger partial charge in [-0.1, -0.05) is 70.0 Å². The number of halogens is 2. The summed E-state index contributed by atoms with van der Waals surface area (Å²) in [5, 5.41) is 2.56. The fraction of sp³-hybridized carbons (Fsp3) is 0.103. The van der Waals surface area contributed by atoms with Crippen molar-refractivity contribution in [3.8, 4) is 11.5 Å². The average Bonchev–Trinajstić information content (AvgIpc) is 3.16. The lowest BCUT2D eigenvalue weighted by atomic mass is 10.1. The van der Waals surface area contributed by atoms with Crippen LogP contribution >= 0.6 is 39.3 Å². The van der Waals surface area contributed by atoms with Gasteiger partial charge in [0.25, 0.3) is 11.1 Å². The lowest BCUT2D eigenvalue weighted by molar-refractivity contribution is -0.123. The first-order valence-corrected chi connectivity index (χ1v) is 13.5. The van der Waals surface area contributed by atoms with Crippen LogP contribution in [0.2, 0.25) is 5.02 Å². The predicted octanol–water partition coefficient (Wildman–Crippen LogP) is 7.95. The number of carbonyl (C=O) groups is 2. The lowest BCUT2D eigenvalue weighted by Crippen LogP contribution is -2.32. The maximum Gasteiger partial charge on any atom is 0.293 e. The smallest absolute Gasteiger partial charge is 0.293 e. The van der Waals surface area contributed by atoms with Gasteiger partial charge in [0.2, 0.25) is 0 Å². The Morgan fingerprint density at radius 1 is 0.919 bits per heavy atom. The Labute approximate surface area is 232 Å². The summed E-state index contributed by atoms with van der Waals surface area (Å²) in [6.07, 6.45) is 1.70. The van der Waals surface area contributed by atoms with Crippen LogP contribution < -0.4 is 9.47 Å². The van der Waals surface area contributed by atoms with Crippen molar-refractivity contribution in [3.63, 3.8) is 0 Å². The van der Waals surface area contributed by atoms with Crippen molar-refractivity contribution < 1.29 is 19.1 Å². The molecule has 0 bridgehead atoms. The van der Waals surface area contributed by atoms with E-state index in [1.807, 2.05) is 42.5 Å². The molecule has 37 heavy (non-hydrogen) atoms. The molecular formula is C29H21BrClNO4S. The Kier molecular flexibility index (Phi) is 7.84. The number of nitrogens with zero attached hydrogens (tertiary/aromatic N) is 1. The van der Waals surface area contributed by atoms with E-state index in [0.29, 0.717) is 33.6 Å². The number of rotatable bonds is 8. The summed E-state index contributed by atoms with van der Waals surface area (Å²) in [6, 6.07) is 26.8. The molecule has 0 saturated carbocycles. The first kappa shape index (κ1) is 25.4. The third kappa shape index (κ3) is 6.01. The minimum atomic E-state index is -0.352. The molecule has 5 rings (SSSR count). The van der Waals surface area contributed by atoms with Crippen molar-refractivity contribution in [3.05, 3.63) is 110 Å². The summed E-state index contributed by atoms with van der Waals surface area (Å²) < 4.78 is 12.7. The molecule has 1 heterocycles. The van der Waals surface area contributed by atoms with Gasteiger partial charge in [0, 0.05) is 15.1 Å². The number of thioether (sulfide) groups is 1. The SMILES string of the molecule is O=C1S/C(=C\c2cc(Br)ccc2OCc2cccc3ccccc23)C(=O)N1CCOc1ccc(Cl)cc1. The summed E-state index contributed by atoms with van der Waals surface area (Å²) in [4.78, 5) is 27.1. The fourth-order valence-electron chi connectivity index (χ4n) is 3.96. The molecular weight excluding hydrogens is 574 g/mol. The monoisotopic (exact) mass is 593 g/mol. The molecule has 1 saturated heterocycles.